The lowest BCUT2D eigenvalue weighted by atomic mass is 9.89. The van der Waals surface area contributed by atoms with Gasteiger partial charge in [-0.05, 0) is 29.8 Å². The topological polar surface area (TPSA) is 92.9 Å². The summed E-state index contributed by atoms with van der Waals surface area (Å²) in [6.45, 7) is 0.389. The van der Waals surface area contributed by atoms with Gasteiger partial charge in [0.25, 0.3) is 0 Å². The lowest BCUT2D eigenvalue weighted by Crippen LogP contribution is -2.27. The van der Waals surface area contributed by atoms with Gasteiger partial charge in [-0.2, -0.15) is 5.10 Å². The molecule has 2 aromatic heterocycles. The third kappa shape index (κ3) is 2.16. The molecule has 0 saturated heterocycles. The second-order valence-corrected chi connectivity index (χ2v) is 6.29. The highest BCUT2D eigenvalue weighted by atomic mass is 16.4. The molecule has 0 spiro atoms. The zero-order chi connectivity index (χ0) is 17.0. The van der Waals surface area contributed by atoms with E-state index in [1.807, 2.05) is 30.3 Å². The molecule has 0 unspecified atom stereocenters. The molecule has 1 aliphatic rings. The summed E-state index contributed by atoms with van der Waals surface area (Å²) in [4.78, 5) is 24.4. The Hall–Kier alpha value is -3.35. The van der Waals surface area contributed by atoms with Crippen molar-refractivity contribution in [2.24, 2.45) is 0 Å². The summed E-state index contributed by atoms with van der Waals surface area (Å²) in [6, 6.07) is 11.2. The highest BCUT2D eigenvalue weighted by Crippen LogP contribution is 2.36. The SMILES string of the molecule is O=C1C[C@@H](Cn2c(=O)oc3ccccc32)c2cc3cn[nH]c3cc2N1. The molecule has 2 N–H and O–H groups in total. The van der Waals surface area contributed by atoms with Crippen LogP contribution >= 0.6 is 0 Å². The van der Waals surface area contributed by atoms with Gasteiger partial charge in [-0.1, -0.05) is 12.1 Å². The lowest BCUT2D eigenvalue weighted by Gasteiger charge is -2.25. The van der Waals surface area contributed by atoms with E-state index in [1.165, 1.54) is 0 Å². The third-order valence-corrected chi connectivity index (χ3v) is 4.73. The van der Waals surface area contributed by atoms with E-state index < -0.39 is 5.76 Å². The van der Waals surface area contributed by atoms with Crippen LogP contribution in [0.2, 0.25) is 0 Å². The number of rotatable bonds is 2. The second kappa shape index (κ2) is 5.07. The van der Waals surface area contributed by atoms with Gasteiger partial charge < -0.3 is 9.73 Å². The Bertz CT molecular complexity index is 1180. The molecule has 0 saturated carbocycles. The van der Waals surface area contributed by atoms with Crippen molar-refractivity contribution in [3.05, 3.63) is 58.7 Å². The van der Waals surface area contributed by atoms with Crippen LogP contribution in [0.25, 0.3) is 22.0 Å². The van der Waals surface area contributed by atoms with Crippen LogP contribution in [0.15, 0.2) is 51.8 Å². The number of nitrogens with one attached hydrogen (secondary N) is 2. The van der Waals surface area contributed by atoms with E-state index >= 15 is 0 Å². The summed E-state index contributed by atoms with van der Waals surface area (Å²) in [6.07, 6.45) is 2.07. The molecule has 25 heavy (non-hydrogen) atoms. The standard InChI is InChI=1S/C18H14N4O3/c23-17-6-11(9-22-15-3-1-2-4-16(15)25-18(22)24)12-5-10-8-19-21-13(10)7-14(12)20-17/h1-5,7-8,11H,6,9H2,(H,19,21)(H,20,23)/t11-/m0/s1. The number of fused-ring (bicyclic) bond motifs is 3. The number of hydrogen-bond donors (Lipinski definition) is 2. The summed E-state index contributed by atoms with van der Waals surface area (Å²) in [5.41, 5.74) is 3.93. The highest BCUT2D eigenvalue weighted by Gasteiger charge is 2.27. The zero-order valence-electron chi connectivity index (χ0n) is 13.2. The van der Waals surface area contributed by atoms with Gasteiger partial charge in [0, 0.05) is 30.0 Å². The van der Waals surface area contributed by atoms with Gasteiger partial charge in [0.15, 0.2) is 5.58 Å². The van der Waals surface area contributed by atoms with Crippen molar-refractivity contribution in [1.82, 2.24) is 14.8 Å². The summed E-state index contributed by atoms with van der Waals surface area (Å²) in [5.74, 6) is -0.572. The maximum Gasteiger partial charge on any atom is 0.419 e. The molecule has 2 aromatic carbocycles. The molecule has 124 valence electrons. The number of benzene rings is 2. The van der Waals surface area contributed by atoms with E-state index in [-0.39, 0.29) is 11.8 Å². The van der Waals surface area contributed by atoms with E-state index in [1.54, 1.807) is 16.8 Å². The molecule has 0 aliphatic carbocycles. The fourth-order valence-electron chi connectivity index (χ4n) is 3.56. The van der Waals surface area contributed by atoms with Crippen molar-refractivity contribution in [2.75, 3.05) is 5.32 Å². The van der Waals surface area contributed by atoms with E-state index in [4.69, 9.17) is 4.42 Å². The molecule has 0 bridgehead atoms. The average Bonchev–Trinajstić information content (AvgIpc) is 3.17. The predicted molar refractivity (Wildman–Crippen MR) is 92.6 cm³/mol. The number of oxazole rings is 1. The zero-order valence-corrected chi connectivity index (χ0v) is 13.2. The number of aromatic nitrogens is 3. The number of hydrogen-bond acceptors (Lipinski definition) is 4. The van der Waals surface area contributed by atoms with Gasteiger partial charge in [0.1, 0.15) is 0 Å². The maximum atomic E-state index is 12.3. The molecule has 0 radical (unpaired) electrons. The molecule has 7 nitrogen and oxygen atoms in total. The smallest absolute Gasteiger partial charge is 0.408 e. The van der Waals surface area contributed by atoms with Crippen molar-refractivity contribution in [2.45, 2.75) is 18.9 Å². The molecule has 7 heteroatoms. The summed E-state index contributed by atoms with van der Waals surface area (Å²) >= 11 is 0. The molecule has 1 aliphatic heterocycles. The maximum absolute atomic E-state index is 12.3. The number of nitrogens with zero attached hydrogens (tertiary/aromatic N) is 2. The minimum atomic E-state index is -0.405. The van der Waals surface area contributed by atoms with Crippen LogP contribution in [0.5, 0.6) is 0 Å². The quantitative estimate of drug-likeness (QED) is 0.589. The van der Waals surface area contributed by atoms with Gasteiger partial charge in [0.05, 0.1) is 17.2 Å². The summed E-state index contributed by atoms with van der Waals surface area (Å²) in [5, 5.41) is 10.8. The van der Waals surface area contributed by atoms with Gasteiger partial charge in [-0.25, -0.2) is 4.79 Å². The Morgan fingerprint density at radius 2 is 2.12 bits per heavy atom. The summed E-state index contributed by atoms with van der Waals surface area (Å²) < 4.78 is 6.90. The number of amides is 1. The fourth-order valence-corrected chi connectivity index (χ4v) is 3.56. The van der Waals surface area contributed by atoms with Gasteiger partial charge >= 0.3 is 5.76 Å². The van der Waals surface area contributed by atoms with Crippen LogP contribution < -0.4 is 11.1 Å². The number of carbonyl (C=O) groups excluding carboxylic acids is 1. The number of carbonyl (C=O) groups is 1. The van der Waals surface area contributed by atoms with Crippen molar-refractivity contribution < 1.29 is 9.21 Å². The average molecular weight is 334 g/mol. The molecular weight excluding hydrogens is 320 g/mol. The van der Waals surface area contributed by atoms with E-state index in [0.717, 1.165) is 27.7 Å². The normalized spacial score (nSPS) is 17.0. The first-order valence-corrected chi connectivity index (χ1v) is 8.04. The Labute approximate surface area is 141 Å². The molecule has 0 fully saturated rings. The lowest BCUT2D eigenvalue weighted by molar-refractivity contribution is -0.116. The van der Waals surface area contributed by atoms with E-state index in [0.29, 0.717) is 18.5 Å². The third-order valence-electron chi connectivity index (χ3n) is 4.73. The van der Waals surface area contributed by atoms with Gasteiger partial charge in [-0.3, -0.25) is 14.5 Å². The van der Waals surface area contributed by atoms with Gasteiger partial charge in [0.2, 0.25) is 5.91 Å². The molecule has 5 rings (SSSR count). The highest BCUT2D eigenvalue weighted by molar-refractivity contribution is 5.98. The predicted octanol–water partition coefficient (Wildman–Crippen LogP) is 2.60. The first kappa shape index (κ1) is 14.0. The number of aromatic amines is 1. The molecule has 4 aromatic rings. The number of para-hydroxylation sites is 2. The Morgan fingerprint density at radius 1 is 1.24 bits per heavy atom. The first-order chi connectivity index (χ1) is 12.2. The van der Waals surface area contributed by atoms with E-state index in [9.17, 15) is 9.59 Å². The van der Waals surface area contributed by atoms with Crippen LogP contribution in [-0.2, 0) is 11.3 Å². The van der Waals surface area contributed by atoms with Crippen LogP contribution in [0.4, 0.5) is 5.69 Å². The number of H-pyrrole nitrogens is 1. The molecule has 1 amide bonds. The Balaban J connectivity index is 1.63. The van der Waals surface area contributed by atoms with Crippen LogP contribution in [0.1, 0.15) is 17.9 Å². The monoisotopic (exact) mass is 334 g/mol. The molecular formula is C18H14N4O3. The van der Waals surface area contributed by atoms with Crippen LogP contribution in [0.3, 0.4) is 0 Å². The first-order valence-electron chi connectivity index (χ1n) is 8.04. The fraction of sp³-hybridized carbons (Fsp3) is 0.167. The largest absolute Gasteiger partial charge is 0.419 e. The summed E-state index contributed by atoms with van der Waals surface area (Å²) in [7, 11) is 0. The van der Waals surface area contributed by atoms with Crippen LogP contribution in [-0.4, -0.2) is 20.7 Å². The minimum Gasteiger partial charge on any atom is -0.408 e. The Morgan fingerprint density at radius 3 is 3.04 bits per heavy atom. The second-order valence-electron chi connectivity index (χ2n) is 6.29. The Kier molecular flexibility index (Phi) is 2.85. The van der Waals surface area contributed by atoms with Gasteiger partial charge in [-0.15, -0.1) is 0 Å². The minimum absolute atomic E-state index is 0.0581. The van der Waals surface area contributed by atoms with Crippen molar-refractivity contribution >= 4 is 33.6 Å². The van der Waals surface area contributed by atoms with Crippen molar-refractivity contribution in [3.63, 3.8) is 0 Å². The number of anilines is 1. The molecule has 1 atom stereocenters. The van der Waals surface area contributed by atoms with E-state index in [2.05, 4.69) is 15.5 Å². The van der Waals surface area contributed by atoms with Crippen molar-refractivity contribution in [3.8, 4) is 0 Å². The van der Waals surface area contributed by atoms with Crippen molar-refractivity contribution in [1.29, 1.82) is 0 Å². The van der Waals surface area contributed by atoms with Crippen LogP contribution in [0, 0.1) is 0 Å². The molecule has 3 heterocycles.